The molecular formula is C12H19N5O2. The van der Waals surface area contributed by atoms with Gasteiger partial charge in [0, 0.05) is 19.6 Å². The topological polar surface area (TPSA) is 104 Å². The highest BCUT2D eigenvalue weighted by Crippen LogP contribution is 2.29. The first-order valence-corrected chi connectivity index (χ1v) is 6.45. The van der Waals surface area contributed by atoms with Crippen LogP contribution in [0.5, 0.6) is 0 Å². The lowest BCUT2D eigenvalue weighted by atomic mass is 9.97. The van der Waals surface area contributed by atoms with Gasteiger partial charge in [-0.05, 0) is 19.8 Å². The third kappa shape index (κ3) is 2.86. The molecule has 0 unspecified atom stereocenters. The SMILES string of the molecule is CCNc1ncnc(N2CCC(C(=O)O)CC2)c1N. The smallest absolute Gasteiger partial charge is 0.306 e. The number of nitrogens with one attached hydrogen (secondary N) is 1. The molecule has 1 aromatic rings. The van der Waals surface area contributed by atoms with Crippen molar-refractivity contribution in [2.24, 2.45) is 5.92 Å². The molecule has 0 amide bonds. The van der Waals surface area contributed by atoms with E-state index in [1.807, 2.05) is 11.8 Å². The lowest BCUT2D eigenvalue weighted by molar-refractivity contribution is -0.142. The lowest BCUT2D eigenvalue weighted by Crippen LogP contribution is -2.37. The van der Waals surface area contributed by atoms with E-state index in [1.54, 1.807) is 0 Å². The first kappa shape index (κ1) is 13.4. The van der Waals surface area contributed by atoms with Gasteiger partial charge in [-0.3, -0.25) is 4.79 Å². The van der Waals surface area contributed by atoms with Crippen molar-refractivity contribution in [3.8, 4) is 0 Å². The van der Waals surface area contributed by atoms with Crippen LogP contribution >= 0.6 is 0 Å². The van der Waals surface area contributed by atoms with Gasteiger partial charge in [0.2, 0.25) is 0 Å². The van der Waals surface area contributed by atoms with Crippen molar-refractivity contribution in [1.29, 1.82) is 0 Å². The Morgan fingerprint density at radius 2 is 2.21 bits per heavy atom. The number of carboxylic acids is 1. The van der Waals surface area contributed by atoms with E-state index in [0.29, 0.717) is 43.3 Å². The summed E-state index contributed by atoms with van der Waals surface area (Å²) in [6.07, 6.45) is 2.72. The largest absolute Gasteiger partial charge is 0.481 e. The van der Waals surface area contributed by atoms with Crippen molar-refractivity contribution in [2.75, 3.05) is 35.6 Å². The number of aromatic nitrogens is 2. The number of carbonyl (C=O) groups is 1. The number of hydrogen-bond acceptors (Lipinski definition) is 6. The summed E-state index contributed by atoms with van der Waals surface area (Å²) < 4.78 is 0. The molecule has 0 atom stereocenters. The predicted octanol–water partition coefficient (Wildman–Crippen LogP) is 0.792. The fraction of sp³-hybridized carbons (Fsp3) is 0.583. The Bertz CT molecular complexity index is 457. The van der Waals surface area contributed by atoms with Crippen LogP contribution in [0.1, 0.15) is 19.8 Å². The minimum atomic E-state index is -0.719. The van der Waals surface area contributed by atoms with Crippen LogP contribution in [0.2, 0.25) is 0 Å². The van der Waals surface area contributed by atoms with Gasteiger partial charge in [-0.25, -0.2) is 9.97 Å². The Hall–Kier alpha value is -2.05. The van der Waals surface area contributed by atoms with E-state index in [4.69, 9.17) is 10.8 Å². The fourth-order valence-electron chi connectivity index (χ4n) is 2.28. The second kappa shape index (κ2) is 5.73. The average molecular weight is 265 g/mol. The van der Waals surface area contributed by atoms with Crippen LogP contribution in [0.4, 0.5) is 17.3 Å². The highest BCUT2D eigenvalue weighted by Gasteiger charge is 2.26. The average Bonchev–Trinajstić information content (AvgIpc) is 2.41. The number of nitrogens with zero attached hydrogens (tertiary/aromatic N) is 3. The Balaban J connectivity index is 2.11. The van der Waals surface area contributed by atoms with Crippen LogP contribution in [-0.2, 0) is 4.79 Å². The van der Waals surface area contributed by atoms with Gasteiger partial charge in [-0.1, -0.05) is 0 Å². The van der Waals surface area contributed by atoms with Gasteiger partial charge in [0.25, 0.3) is 0 Å². The number of nitrogens with two attached hydrogens (primary N) is 1. The quantitative estimate of drug-likeness (QED) is 0.739. The first-order valence-electron chi connectivity index (χ1n) is 6.45. The maximum Gasteiger partial charge on any atom is 0.306 e. The van der Waals surface area contributed by atoms with Gasteiger partial charge in [0.15, 0.2) is 11.6 Å². The zero-order valence-electron chi connectivity index (χ0n) is 11.0. The molecule has 7 nitrogen and oxygen atoms in total. The van der Waals surface area contributed by atoms with Crippen LogP contribution in [0.3, 0.4) is 0 Å². The number of aliphatic carboxylic acids is 1. The predicted molar refractivity (Wildman–Crippen MR) is 73.2 cm³/mol. The normalized spacial score (nSPS) is 16.4. The number of nitrogen functional groups attached to an aromatic ring is 1. The zero-order valence-corrected chi connectivity index (χ0v) is 11.0. The monoisotopic (exact) mass is 265 g/mol. The molecule has 0 spiro atoms. The summed E-state index contributed by atoms with van der Waals surface area (Å²) in [4.78, 5) is 21.3. The molecule has 0 saturated carbocycles. The molecule has 1 aliphatic heterocycles. The number of carboxylic acid groups (broad SMARTS) is 1. The van der Waals surface area contributed by atoms with E-state index in [0.717, 1.165) is 6.54 Å². The van der Waals surface area contributed by atoms with Crippen molar-refractivity contribution < 1.29 is 9.90 Å². The molecular weight excluding hydrogens is 246 g/mol. The number of anilines is 3. The molecule has 0 aromatic carbocycles. The van der Waals surface area contributed by atoms with Crippen LogP contribution < -0.4 is 16.0 Å². The van der Waals surface area contributed by atoms with Gasteiger partial charge in [-0.2, -0.15) is 0 Å². The van der Waals surface area contributed by atoms with Gasteiger partial charge in [0.1, 0.15) is 12.0 Å². The Kier molecular flexibility index (Phi) is 4.03. The lowest BCUT2D eigenvalue weighted by Gasteiger charge is -2.31. The highest BCUT2D eigenvalue weighted by atomic mass is 16.4. The second-order valence-corrected chi connectivity index (χ2v) is 4.59. The molecule has 7 heteroatoms. The summed E-state index contributed by atoms with van der Waals surface area (Å²) in [6, 6.07) is 0. The van der Waals surface area contributed by atoms with Crippen molar-refractivity contribution in [1.82, 2.24) is 9.97 Å². The van der Waals surface area contributed by atoms with Crippen LogP contribution in [0.25, 0.3) is 0 Å². The zero-order chi connectivity index (χ0) is 13.8. The number of piperidine rings is 1. The molecule has 1 aliphatic rings. The Morgan fingerprint density at radius 1 is 1.53 bits per heavy atom. The molecule has 1 saturated heterocycles. The summed E-state index contributed by atoms with van der Waals surface area (Å²) >= 11 is 0. The van der Waals surface area contributed by atoms with Gasteiger partial charge in [0.05, 0.1) is 5.92 Å². The molecule has 19 heavy (non-hydrogen) atoms. The molecule has 104 valence electrons. The van der Waals surface area contributed by atoms with Gasteiger partial charge < -0.3 is 21.1 Å². The molecule has 2 rings (SSSR count). The Morgan fingerprint density at radius 3 is 2.79 bits per heavy atom. The first-order chi connectivity index (χ1) is 9.13. The van der Waals surface area contributed by atoms with Gasteiger partial charge >= 0.3 is 5.97 Å². The van der Waals surface area contributed by atoms with Crippen LogP contribution in [-0.4, -0.2) is 40.7 Å². The molecule has 0 radical (unpaired) electrons. The second-order valence-electron chi connectivity index (χ2n) is 4.59. The van der Waals surface area contributed by atoms with Crippen molar-refractivity contribution in [2.45, 2.75) is 19.8 Å². The minimum absolute atomic E-state index is 0.257. The van der Waals surface area contributed by atoms with Crippen LogP contribution in [0.15, 0.2) is 6.33 Å². The third-order valence-electron chi connectivity index (χ3n) is 3.35. The van der Waals surface area contributed by atoms with Crippen molar-refractivity contribution in [3.05, 3.63) is 6.33 Å². The summed E-state index contributed by atoms with van der Waals surface area (Å²) in [6.45, 7) is 4.02. The van der Waals surface area contributed by atoms with E-state index in [-0.39, 0.29) is 5.92 Å². The minimum Gasteiger partial charge on any atom is -0.481 e. The summed E-state index contributed by atoms with van der Waals surface area (Å²) in [7, 11) is 0. The van der Waals surface area contributed by atoms with Crippen molar-refractivity contribution in [3.63, 3.8) is 0 Å². The van der Waals surface area contributed by atoms with Crippen molar-refractivity contribution >= 4 is 23.3 Å². The van der Waals surface area contributed by atoms with E-state index in [9.17, 15) is 4.79 Å². The maximum atomic E-state index is 10.9. The third-order valence-corrected chi connectivity index (χ3v) is 3.35. The molecule has 1 aromatic heterocycles. The molecule has 2 heterocycles. The molecule has 1 fully saturated rings. The maximum absolute atomic E-state index is 10.9. The van der Waals surface area contributed by atoms with E-state index in [2.05, 4.69) is 15.3 Å². The van der Waals surface area contributed by atoms with Crippen LogP contribution in [0, 0.1) is 5.92 Å². The van der Waals surface area contributed by atoms with E-state index >= 15 is 0 Å². The standard InChI is InChI=1S/C12H19N5O2/c1-2-14-10-9(13)11(16-7-15-10)17-5-3-8(4-6-17)12(18)19/h7-8H,2-6,13H2,1H3,(H,18,19)(H,14,15,16). The summed E-state index contributed by atoms with van der Waals surface area (Å²) in [5.74, 6) is 0.346. The Labute approximate surface area is 111 Å². The summed E-state index contributed by atoms with van der Waals surface area (Å²) in [5, 5.41) is 12.1. The number of hydrogen-bond donors (Lipinski definition) is 3. The highest BCUT2D eigenvalue weighted by molar-refractivity contribution is 5.75. The van der Waals surface area contributed by atoms with Gasteiger partial charge in [-0.15, -0.1) is 0 Å². The molecule has 0 bridgehead atoms. The number of rotatable bonds is 4. The van der Waals surface area contributed by atoms with E-state index in [1.165, 1.54) is 6.33 Å². The molecule has 4 N–H and O–H groups in total. The van der Waals surface area contributed by atoms with E-state index < -0.39 is 5.97 Å². The fourth-order valence-corrected chi connectivity index (χ4v) is 2.28. The molecule has 0 aliphatic carbocycles. The summed E-state index contributed by atoms with van der Waals surface area (Å²) in [5.41, 5.74) is 6.58.